The van der Waals surface area contributed by atoms with E-state index in [4.69, 9.17) is 0 Å². The van der Waals surface area contributed by atoms with Gasteiger partial charge in [-0.05, 0) is 36.2 Å². The van der Waals surface area contributed by atoms with Crippen LogP contribution in [0.1, 0.15) is 113 Å². The van der Waals surface area contributed by atoms with Crippen LogP contribution in [0.25, 0.3) is 0 Å². The molecule has 0 unspecified atom stereocenters. The van der Waals surface area contributed by atoms with Crippen molar-refractivity contribution in [2.45, 2.75) is 103 Å². The van der Waals surface area contributed by atoms with Crippen LogP contribution in [-0.2, 0) is 6.54 Å². The summed E-state index contributed by atoms with van der Waals surface area (Å²) in [6.45, 7) is 3.84. The molecular formula is C30H46N2O. The quantitative estimate of drug-likeness (QED) is 0.211. The van der Waals surface area contributed by atoms with Gasteiger partial charge in [0, 0.05) is 24.3 Å². The molecule has 2 aromatic carbocycles. The number of rotatable bonds is 19. The fraction of sp³-hybridized carbons (Fsp3) is 0.567. The second-order valence-electron chi connectivity index (χ2n) is 9.27. The van der Waals surface area contributed by atoms with E-state index in [-0.39, 0.29) is 5.91 Å². The van der Waals surface area contributed by atoms with Crippen molar-refractivity contribution in [2.24, 2.45) is 0 Å². The summed E-state index contributed by atoms with van der Waals surface area (Å²) in [6.07, 6.45) is 19.4. The summed E-state index contributed by atoms with van der Waals surface area (Å²) in [7, 11) is 0. The SMILES string of the molecule is CCCCCCCCCCCCCCCCNc1ccc(C(=O)NCc2ccccc2)cc1. The van der Waals surface area contributed by atoms with Crippen LogP contribution in [0, 0.1) is 0 Å². The summed E-state index contributed by atoms with van der Waals surface area (Å²) in [4.78, 5) is 12.3. The first-order valence-electron chi connectivity index (χ1n) is 13.5. The molecule has 1 amide bonds. The van der Waals surface area contributed by atoms with E-state index < -0.39 is 0 Å². The Kier molecular flexibility index (Phi) is 14.8. The zero-order valence-corrected chi connectivity index (χ0v) is 20.9. The minimum Gasteiger partial charge on any atom is -0.385 e. The fourth-order valence-corrected chi connectivity index (χ4v) is 4.17. The van der Waals surface area contributed by atoms with Gasteiger partial charge in [0.25, 0.3) is 5.91 Å². The van der Waals surface area contributed by atoms with Gasteiger partial charge >= 0.3 is 0 Å². The number of unbranched alkanes of at least 4 members (excludes halogenated alkanes) is 13. The van der Waals surface area contributed by atoms with Crippen LogP contribution in [0.15, 0.2) is 54.6 Å². The Hall–Kier alpha value is -2.29. The van der Waals surface area contributed by atoms with Crippen molar-refractivity contribution in [2.75, 3.05) is 11.9 Å². The molecule has 3 nitrogen and oxygen atoms in total. The van der Waals surface area contributed by atoms with Crippen molar-refractivity contribution in [3.05, 3.63) is 65.7 Å². The molecule has 0 bridgehead atoms. The molecule has 0 saturated heterocycles. The molecule has 2 aromatic rings. The minimum atomic E-state index is -0.0302. The summed E-state index contributed by atoms with van der Waals surface area (Å²) < 4.78 is 0. The van der Waals surface area contributed by atoms with Crippen molar-refractivity contribution >= 4 is 11.6 Å². The number of nitrogens with one attached hydrogen (secondary N) is 2. The lowest BCUT2D eigenvalue weighted by atomic mass is 10.0. The van der Waals surface area contributed by atoms with Crippen molar-refractivity contribution in [3.63, 3.8) is 0 Å². The summed E-state index contributed by atoms with van der Waals surface area (Å²) in [5, 5.41) is 6.46. The second kappa shape index (κ2) is 18.2. The monoisotopic (exact) mass is 450 g/mol. The van der Waals surface area contributed by atoms with E-state index in [9.17, 15) is 4.79 Å². The molecule has 3 heteroatoms. The third kappa shape index (κ3) is 13.1. The second-order valence-corrected chi connectivity index (χ2v) is 9.27. The first kappa shape index (κ1) is 27.0. The molecular weight excluding hydrogens is 404 g/mol. The summed E-state index contributed by atoms with van der Waals surface area (Å²) in [5.41, 5.74) is 2.90. The van der Waals surface area contributed by atoms with E-state index in [1.54, 1.807) is 0 Å². The molecule has 0 saturated carbocycles. The Morgan fingerprint density at radius 3 is 1.70 bits per heavy atom. The largest absolute Gasteiger partial charge is 0.385 e. The summed E-state index contributed by atoms with van der Waals surface area (Å²) >= 11 is 0. The highest BCUT2D eigenvalue weighted by atomic mass is 16.1. The van der Waals surface area contributed by atoms with Gasteiger partial charge in [-0.25, -0.2) is 0 Å². The lowest BCUT2D eigenvalue weighted by Crippen LogP contribution is -2.22. The molecule has 0 radical (unpaired) electrons. The third-order valence-corrected chi connectivity index (χ3v) is 6.30. The molecule has 2 N–H and O–H groups in total. The van der Waals surface area contributed by atoms with Crippen molar-refractivity contribution in [3.8, 4) is 0 Å². The Bertz CT molecular complexity index is 727. The molecule has 0 fully saturated rings. The number of amides is 1. The highest BCUT2D eigenvalue weighted by Gasteiger charge is 2.05. The highest BCUT2D eigenvalue weighted by Crippen LogP contribution is 2.14. The zero-order chi connectivity index (χ0) is 23.4. The number of hydrogen-bond donors (Lipinski definition) is 2. The van der Waals surface area contributed by atoms with Crippen LogP contribution in [0.5, 0.6) is 0 Å². The van der Waals surface area contributed by atoms with Gasteiger partial charge < -0.3 is 10.6 Å². The first-order chi connectivity index (χ1) is 16.3. The average Bonchev–Trinajstić information content (AvgIpc) is 2.86. The molecule has 0 aliphatic carbocycles. The Morgan fingerprint density at radius 1 is 0.636 bits per heavy atom. The molecule has 0 aromatic heterocycles. The van der Waals surface area contributed by atoms with Crippen molar-refractivity contribution in [1.82, 2.24) is 5.32 Å². The maximum atomic E-state index is 12.3. The molecule has 0 spiro atoms. The first-order valence-corrected chi connectivity index (χ1v) is 13.5. The van der Waals surface area contributed by atoms with Gasteiger partial charge in [-0.1, -0.05) is 121 Å². The molecule has 0 atom stereocenters. The summed E-state index contributed by atoms with van der Waals surface area (Å²) in [6, 6.07) is 17.8. The maximum Gasteiger partial charge on any atom is 0.251 e. The predicted octanol–water partition coefficient (Wildman–Crippen LogP) is 8.51. The Morgan fingerprint density at radius 2 is 1.15 bits per heavy atom. The Balaban J connectivity index is 1.42. The van der Waals surface area contributed by atoms with Crippen LogP contribution in [0.4, 0.5) is 5.69 Å². The zero-order valence-electron chi connectivity index (χ0n) is 20.9. The van der Waals surface area contributed by atoms with Crippen LogP contribution < -0.4 is 10.6 Å². The van der Waals surface area contributed by atoms with E-state index in [1.807, 2.05) is 54.6 Å². The van der Waals surface area contributed by atoms with Gasteiger partial charge in [0.1, 0.15) is 0 Å². The third-order valence-electron chi connectivity index (χ3n) is 6.30. The number of hydrogen-bond acceptors (Lipinski definition) is 2. The van der Waals surface area contributed by atoms with E-state index >= 15 is 0 Å². The van der Waals surface area contributed by atoms with E-state index in [0.717, 1.165) is 17.8 Å². The van der Waals surface area contributed by atoms with Crippen LogP contribution in [-0.4, -0.2) is 12.5 Å². The number of carbonyl (C=O) groups is 1. The number of benzene rings is 2. The van der Waals surface area contributed by atoms with Crippen LogP contribution in [0.2, 0.25) is 0 Å². The standard InChI is InChI=1S/C30H46N2O/c1-2-3-4-5-6-7-8-9-10-11-12-13-14-18-25-31-29-23-21-28(22-24-29)30(33)32-26-27-19-16-15-17-20-27/h15-17,19-24,31H,2-14,18,25-26H2,1H3,(H,32,33). The molecule has 0 aliphatic rings. The fourth-order valence-electron chi connectivity index (χ4n) is 4.17. The van der Waals surface area contributed by atoms with Gasteiger partial charge in [0.2, 0.25) is 0 Å². The van der Waals surface area contributed by atoms with E-state index in [1.165, 1.54) is 89.9 Å². The van der Waals surface area contributed by atoms with Crippen molar-refractivity contribution < 1.29 is 4.79 Å². The minimum absolute atomic E-state index is 0.0302. The lowest BCUT2D eigenvalue weighted by molar-refractivity contribution is 0.0951. The van der Waals surface area contributed by atoms with E-state index in [2.05, 4.69) is 17.6 Å². The number of carbonyl (C=O) groups excluding carboxylic acids is 1. The average molecular weight is 451 g/mol. The lowest BCUT2D eigenvalue weighted by Gasteiger charge is -2.09. The molecule has 33 heavy (non-hydrogen) atoms. The Labute approximate surface area is 202 Å². The maximum absolute atomic E-state index is 12.3. The molecule has 182 valence electrons. The topological polar surface area (TPSA) is 41.1 Å². The van der Waals surface area contributed by atoms with E-state index in [0.29, 0.717) is 12.1 Å². The highest BCUT2D eigenvalue weighted by molar-refractivity contribution is 5.94. The van der Waals surface area contributed by atoms with Crippen molar-refractivity contribution in [1.29, 1.82) is 0 Å². The van der Waals surface area contributed by atoms with Crippen LogP contribution in [0.3, 0.4) is 0 Å². The normalized spacial score (nSPS) is 10.8. The molecule has 2 rings (SSSR count). The molecule has 0 aliphatic heterocycles. The predicted molar refractivity (Wildman–Crippen MR) is 143 cm³/mol. The van der Waals surface area contributed by atoms with Gasteiger partial charge in [-0.15, -0.1) is 0 Å². The van der Waals surface area contributed by atoms with Crippen LogP contribution >= 0.6 is 0 Å². The smallest absolute Gasteiger partial charge is 0.251 e. The number of anilines is 1. The molecule has 0 heterocycles. The van der Waals surface area contributed by atoms with Gasteiger partial charge in [-0.2, -0.15) is 0 Å². The summed E-state index contributed by atoms with van der Waals surface area (Å²) in [5.74, 6) is -0.0302. The van der Waals surface area contributed by atoms with Gasteiger partial charge in [-0.3, -0.25) is 4.79 Å². The van der Waals surface area contributed by atoms with Gasteiger partial charge in [0.05, 0.1) is 0 Å². The van der Waals surface area contributed by atoms with Gasteiger partial charge in [0.15, 0.2) is 0 Å².